The topological polar surface area (TPSA) is 51.8 Å². The maximum atomic E-state index is 13.0. The number of anilines is 1. The number of aromatic nitrogens is 2. The highest BCUT2D eigenvalue weighted by Gasteiger charge is 2.07. The molecule has 0 fully saturated rings. The van der Waals surface area contributed by atoms with Crippen LogP contribution < -0.4 is 5.73 Å². The van der Waals surface area contributed by atoms with Gasteiger partial charge in [-0.3, -0.25) is 4.98 Å². The third-order valence-corrected chi connectivity index (χ3v) is 4.82. The minimum Gasteiger partial charge on any atom is -0.398 e. The molecule has 0 bridgehead atoms. The molecule has 0 atom stereocenters. The first-order valence-corrected chi connectivity index (χ1v) is 8.12. The van der Waals surface area contributed by atoms with E-state index in [4.69, 9.17) is 5.73 Å². The van der Waals surface area contributed by atoms with Crippen molar-refractivity contribution in [3.8, 4) is 10.7 Å². The number of thioether (sulfide) groups is 1. The molecular weight excluding hydrogens is 305 g/mol. The number of nitrogens with two attached hydrogens (primary N) is 1. The van der Waals surface area contributed by atoms with Crippen molar-refractivity contribution in [1.29, 1.82) is 0 Å². The van der Waals surface area contributed by atoms with Gasteiger partial charge in [0.25, 0.3) is 0 Å². The van der Waals surface area contributed by atoms with E-state index in [9.17, 15) is 4.39 Å². The van der Waals surface area contributed by atoms with Crippen LogP contribution in [0.15, 0.2) is 52.9 Å². The summed E-state index contributed by atoms with van der Waals surface area (Å²) in [4.78, 5) is 9.71. The number of pyridine rings is 1. The van der Waals surface area contributed by atoms with Gasteiger partial charge in [-0.15, -0.1) is 23.1 Å². The minimum atomic E-state index is -0.317. The number of nitrogens with zero attached hydrogens (tertiary/aromatic N) is 2. The molecule has 0 spiro atoms. The highest BCUT2D eigenvalue weighted by Crippen LogP contribution is 2.30. The van der Waals surface area contributed by atoms with E-state index in [2.05, 4.69) is 9.97 Å². The largest absolute Gasteiger partial charge is 0.398 e. The Balaban J connectivity index is 1.70. The SMILES string of the molecule is Nc1cc(F)ccc1SCc1csc(-c2ccccn2)n1. The molecule has 2 aromatic heterocycles. The van der Waals surface area contributed by atoms with Gasteiger partial charge in [-0.1, -0.05) is 6.07 Å². The van der Waals surface area contributed by atoms with E-state index in [0.29, 0.717) is 11.4 Å². The number of nitrogen functional groups attached to an aromatic ring is 1. The monoisotopic (exact) mass is 317 g/mol. The van der Waals surface area contributed by atoms with Gasteiger partial charge in [-0.2, -0.15) is 0 Å². The Morgan fingerprint density at radius 3 is 2.90 bits per heavy atom. The van der Waals surface area contributed by atoms with E-state index in [-0.39, 0.29) is 5.82 Å². The molecule has 2 heterocycles. The maximum absolute atomic E-state index is 13.0. The Kier molecular flexibility index (Phi) is 4.17. The number of rotatable bonds is 4. The van der Waals surface area contributed by atoms with E-state index >= 15 is 0 Å². The fourth-order valence-electron chi connectivity index (χ4n) is 1.78. The summed E-state index contributed by atoms with van der Waals surface area (Å²) in [5.41, 5.74) is 8.09. The second-order valence-electron chi connectivity index (χ2n) is 4.33. The molecule has 6 heteroatoms. The fraction of sp³-hybridized carbons (Fsp3) is 0.0667. The fourth-order valence-corrected chi connectivity index (χ4v) is 3.52. The lowest BCUT2D eigenvalue weighted by Gasteiger charge is -2.03. The quantitative estimate of drug-likeness (QED) is 0.578. The summed E-state index contributed by atoms with van der Waals surface area (Å²) in [5, 5.41) is 2.91. The van der Waals surface area contributed by atoms with Gasteiger partial charge < -0.3 is 5.73 Å². The molecule has 0 saturated carbocycles. The van der Waals surface area contributed by atoms with Gasteiger partial charge in [0.05, 0.1) is 11.4 Å². The van der Waals surface area contributed by atoms with Crippen LogP contribution in [0.5, 0.6) is 0 Å². The first-order chi connectivity index (χ1) is 10.2. The number of thiazole rings is 1. The molecule has 0 radical (unpaired) electrons. The van der Waals surface area contributed by atoms with Crippen LogP contribution in [-0.4, -0.2) is 9.97 Å². The van der Waals surface area contributed by atoms with E-state index < -0.39 is 0 Å². The second kappa shape index (κ2) is 6.24. The molecule has 3 nitrogen and oxygen atoms in total. The summed E-state index contributed by atoms with van der Waals surface area (Å²) in [7, 11) is 0. The Morgan fingerprint density at radius 1 is 1.24 bits per heavy atom. The van der Waals surface area contributed by atoms with Gasteiger partial charge in [0.15, 0.2) is 0 Å². The van der Waals surface area contributed by atoms with Crippen molar-refractivity contribution in [2.75, 3.05) is 5.73 Å². The average Bonchev–Trinajstić information content (AvgIpc) is 2.96. The van der Waals surface area contributed by atoms with Crippen molar-refractivity contribution in [2.45, 2.75) is 10.6 Å². The molecule has 0 aliphatic carbocycles. The zero-order valence-corrected chi connectivity index (χ0v) is 12.6. The predicted molar refractivity (Wildman–Crippen MR) is 85.7 cm³/mol. The Morgan fingerprint density at radius 2 is 2.14 bits per heavy atom. The minimum absolute atomic E-state index is 0.317. The van der Waals surface area contributed by atoms with Gasteiger partial charge in [0.1, 0.15) is 10.8 Å². The summed E-state index contributed by atoms with van der Waals surface area (Å²) < 4.78 is 13.0. The molecule has 0 aliphatic heterocycles. The smallest absolute Gasteiger partial charge is 0.142 e. The number of benzene rings is 1. The molecule has 3 rings (SSSR count). The van der Waals surface area contributed by atoms with Crippen LogP contribution in [-0.2, 0) is 5.75 Å². The van der Waals surface area contributed by atoms with Gasteiger partial charge in [0.2, 0.25) is 0 Å². The highest BCUT2D eigenvalue weighted by molar-refractivity contribution is 7.98. The van der Waals surface area contributed by atoms with Crippen LogP contribution in [0.3, 0.4) is 0 Å². The molecular formula is C15H12FN3S2. The highest BCUT2D eigenvalue weighted by atomic mass is 32.2. The Labute approximate surface area is 130 Å². The average molecular weight is 317 g/mol. The van der Waals surface area contributed by atoms with Gasteiger partial charge in [0, 0.05) is 27.9 Å². The van der Waals surface area contributed by atoms with Crippen LogP contribution in [0.1, 0.15) is 5.69 Å². The van der Waals surface area contributed by atoms with Crippen molar-refractivity contribution in [1.82, 2.24) is 9.97 Å². The van der Waals surface area contributed by atoms with Crippen molar-refractivity contribution >= 4 is 28.8 Å². The molecule has 106 valence electrons. The zero-order valence-electron chi connectivity index (χ0n) is 11.0. The Hall–Kier alpha value is -1.92. The number of halogens is 1. The Bertz CT molecular complexity index is 744. The second-order valence-corrected chi connectivity index (χ2v) is 6.21. The van der Waals surface area contributed by atoms with Crippen LogP contribution >= 0.6 is 23.1 Å². The summed E-state index contributed by atoms with van der Waals surface area (Å²) in [6.07, 6.45) is 1.75. The lowest BCUT2D eigenvalue weighted by molar-refractivity contribution is 0.627. The number of hydrogen-bond acceptors (Lipinski definition) is 5. The van der Waals surface area contributed by atoms with Crippen molar-refractivity contribution in [3.63, 3.8) is 0 Å². The van der Waals surface area contributed by atoms with Crippen molar-refractivity contribution in [2.24, 2.45) is 0 Å². The lowest BCUT2D eigenvalue weighted by atomic mass is 10.3. The third kappa shape index (κ3) is 3.40. The predicted octanol–water partition coefficient (Wildman–Crippen LogP) is 4.22. The molecule has 0 unspecified atom stereocenters. The summed E-state index contributed by atoms with van der Waals surface area (Å²) in [5.74, 6) is 0.377. The zero-order chi connectivity index (χ0) is 14.7. The molecule has 0 saturated heterocycles. The van der Waals surface area contributed by atoms with Gasteiger partial charge >= 0.3 is 0 Å². The van der Waals surface area contributed by atoms with E-state index in [1.54, 1.807) is 35.4 Å². The molecule has 0 aliphatic rings. The standard InChI is InChI=1S/C15H12FN3S2/c16-10-4-5-14(12(17)7-10)20-8-11-9-21-15(19-11)13-3-1-2-6-18-13/h1-7,9H,8,17H2. The summed E-state index contributed by atoms with van der Waals surface area (Å²) >= 11 is 3.12. The summed E-state index contributed by atoms with van der Waals surface area (Å²) in [6.45, 7) is 0. The molecule has 1 aromatic carbocycles. The summed E-state index contributed by atoms with van der Waals surface area (Å²) in [6, 6.07) is 10.2. The van der Waals surface area contributed by atoms with E-state index in [0.717, 1.165) is 21.3 Å². The number of hydrogen-bond donors (Lipinski definition) is 1. The van der Waals surface area contributed by atoms with Gasteiger partial charge in [-0.05, 0) is 30.3 Å². The van der Waals surface area contributed by atoms with Crippen LogP contribution in [0.2, 0.25) is 0 Å². The maximum Gasteiger partial charge on any atom is 0.142 e. The normalized spacial score (nSPS) is 10.7. The first-order valence-electron chi connectivity index (χ1n) is 6.26. The lowest BCUT2D eigenvalue weighted by Crippen LogP contribution is -1.90. The van der Waals surface area contributed by atoms with Gasteiger partial charge in [-0.25, -0.2) is 9.37 Å². The molecule has 0 amide bonds. The first kappa shape index (κ1) is 14.0. The van der Waals surface area contributed by atoms with Crippen LogP contribution in [0.25, 0.3) is 10.7 Å². The van der Waals surface area contributed by atoms with Crippen LogP contribution in [0.4, 0.5) is 10.1 Å². The van der Waals surface area contributed by atoms with Crippen molar-refractivity contribution < 1.29 is 4.39 Å². The molecule has 21 heavy (non-hydrogen) atoms. The van der Waals surface area contributed by atoms with Crippen LogP contribution in [0, 0.1) is 5.82 Å². The molecule has 3 aromatic rings. The van der Waals surface area contributed by atoms with Crippen molar-refractivity contribution in [3.05, 3.63) is 59.5 Å². The third-order valence-electron chi connectivity index (χ3n) is 2.78. The molecule has 2 N–H and O–H groups in total. The van der Waals surface area contributed by atoms with E-state index in [1.807, 2.05) is 23.6 Å². The van der Waals surface area contributed by atoms with E-state index in [1.165, 1.54) is 12.1 Å².